The van der Waals surface area contributed by atoms with Gasteiger partial charge >= 0.3 is 0 Å². The summed E-state index contributed by atoms with van der Waals surface area (Å²) in [6.45, 7) is 0. The Morgan fingerprint density at radius 2 is 1.55 bits per heavy atom. The lowest BCUT2D eigenvalue weighted by atomic mass is 10.3. The van der Waals surface area contributed by atoms with Crippen LogP contribution in [0.15, 0.2) is 58.3 Å². The molecule has 0 aliphatic carbocycles. The fraction of sp³-hybridized carbons (Fsp3) is 0.143. The molecular formula is C14H14FNO2S2. The molecule has 0 aliphatic rings. The maximum Gasteiger partial charge on any atom is 0.264 e. The Kier molecular flexibility index (Phi) is 4.35. The van der Waals surface area contributed by atoms with Gasteiger partial charge in [-0.25, -0.2) is 12.8 Å². The van der Waals surface area contributed by atoms with E-state index >= 15 is 0 Å². The van der Waals surface area contributed by atoms with Crippen LogP contribution in [0.5, 0.6) is 0 Å². The Morgan fingerprint density at radius 1 is 1.00 bits per heavy atom. The SMILES string of the molecule is CSc1ccc(S(=O)(=O)N(C)c2ccc(F)cc2)cc1. The molecule has 2 rings (SSSR count). The summed E-state index contributed by atoms with van der Waals surface area (Å²) in [6.07, 6.45) is 1.92. The molecule has 0 bridgehead atoms. The molecule has 0 aliphatic heterocycles. The van der Waals surface area contributed by atoms with Gasteiger partial charge in [0.1, 0.15) is 5.82 Å². The summed E-state index contributed by atoms with van der Waals surface area (Å²) in [4.78, 5) is 1.20. The van der Waals surface area contributed by atoms with Crippen LogP contribution in [0.4, 0.5) is 10.1 Å². The summed E-state index contributed by atoms with van der Waals surface area (Å²) >= 11 is 1.54. The lowest BCUT2D eigenvalue weighted by molar-refractivity contribution is 0.594. The van der Waals surface area contributed by atoms with E-state index in [1.807, 2.05) is 6.26 Å². The molecule has 0 unspecified atom stereocenters. The van der Waals surface area contributed by atoms with E-state index in [2.05, 4.69) is 0 Å². The number of hydrogen-bond acceptors (Lipinski definition) is 3. The number of nitrogens with zero attached hydrogens (tertiary/aromatic N) is 1. The molecule has 0 radical (unpaired) electrons. The number of anilines is 1. The van der Waals surface area contributed by atoms with Gasteiger partial charge in [-0.2, -0.15) is 0 Å². The first-order chi connectivity index (χ1) is 9.45. The highest BCUT2D eigenvalue weighted by Gasteiger charge is 2.21. The van der Waals surface area contributed by atoms with Crippen LogP contribution in [0.2, 0.25) is 0 Å². The second-order valence-electron chi connectivity index (χ2n) is 4.12. The minimum absolute atomic E-state index is 0.210. The first kappa shape index (κ1) is 14.9. The largest absolute Gasteiger partial charge is 0.269 e. The fourth-order valence-corrected chi connectivity index (χ4v) is 3.30. The van der Waals surface area contributed by atoms with Crippen LogP contribution >= 0.6 is 11.8 Å². The topological polar surface area (TPSA) is 37.4 Å². The summed E-state index contributed by atoms with van der Waals surface area (Å²) in [7, 11) is -2.18. The molecule has 106 valence electrons. The minimum atomic E-state index is -3.63. The van der Waals surface area contributed by atoms with Crippen LogP contribution in [0.1, 0.15) is 0 Å². The van der Waals surface area contributed by atoms with Gasteiger partial charge in [0.05, 0.1) is 10.6 Å². The van der Waals surface area contributed by atoms with Gasteiger partial charge in [-0.1, -0.05) is 0 Å². The normalized spacial score (nSPS) is 11.3. The molecule has 6 heteroatoms. The van der Waals surface area contributed by atoms with Crippen LogP contribution in [0.25, 0.3) is 0 Å². The van der Waals surface area contributed by atoms with Gasteiger partial charge in [0.15, 0.2) is 0 Å². The van der Waals surface area contributed by atoms with Gasteiger partial charge in [0, 0.05) is 11.9 Å². The van der Waals surface area contributed by atoms with Crippen molar-refractivity contribution in [2.45, 2.75) is 9.79 Å². The maximum absolute atomic E-state index is 12.9. The number of benzene rings is 2. The van der Waals surface area contributed by atoms with Crippen molar-refractivity contribution in [3.63, 3.8) is 0 Å². The van der Waals surface area contributed by atoms with Crippen LogP contribution in [0, 0.1) is 5.82 Å². The summed E-state index contributed by atoms with van der Waals surface area (Å²) in [5.41, 5.74) is 0.417. The smallest absolute Gasteiger partial charge is 0.264 e. The molecule has 0 aromatic heterocycles. The third-order valence-electron chi connectivity index (χ3n) is 2.91. The van der Waals surface area contributed by atoms with E-state index in [4.69, 9.17) is 0 Å². The Morgan fingerprint density at radius 3 is 2.05 bits per heavy atom. The van der Waals surface area contributed by atoms with E-state index in [0.717, 1.165) is 9.20 Å². The highest BCUT2D eigenvalue weighted by atomic mass is 32.2. The van der Waals surface area contributed by atoms with Crippen LogP contribution < -0.4 is 4.31 Å². The zero-order valence-corrected chi connectivity index (χ0v) is 12.7. The van der Waals surface area contributed by atoms with Crippen molar-refractivity contribution >= 4 is 27.5 Å². The average molecular weight is 311 g/mol. The van der Waals surface area contributed by atoms with E-state index in [9.17, 15) is 12.8 Å². The zero-order valence-electron chi connectivity index (χ0n) is 11.1. The summed E-state index contributed by atoms with van der Waals surface area (Å²) < 4.78 is 38.9. The van der Waals surface area contributed by atoms with Crippen LogP contribution in [-0.4, -0.2) is 21.7 Å². The third-order valence-corrected chi connectivity index (χ3v) is 5.45. The highest BCUT2D eigenvalue weighted by Crippen LogP contribution is 2.24. The van der Waals surface area contributed by atoms with Gasteiger partial charge in [0.25, 0.3) is 10.0 Å². The van der Waals surface area contributed by atoms with E-state index < -0.39 is 15.8 Å². The van der Waals surface area contributed by atoms with Gasteiger partial charge < -0.3 is 0 Å². The average Bonchev–Trinajstić information content (AvgIpc) is 2.47. The molecule has 0 fully saturated rings. The maximum atomic E-state index is 12.9. The predicted molar refractivity (Wildman–Crippen MR) is 80.2 cm³/mol. The molecule has 0 saturated carbocycles. The van der Waals surface area contributed by atoms with E-state index in [-0.39, 0.29) is 4.90 Å². The van der Waals surface area contributed by atoms with Crippen molar-refractivity contribution in [2.75, 3.05) is 17.6 Å². The van der Waals surface area contributed by atoms with E-state index in [1.165, 1.54) is 31.3 Å². The number of hydrogen-bond donors (Lipinski definition) is 0. The van der Waals surface area contributed by atoms with Gasteiger partial charge in [-0.05, 0) is 54.8 Å². The van der Waals surface area contributed by atoms with Crippen molar-refractivity contribution in [3.05, 3.63) is 54.3 Å². The molecule has 0 saturated heterocycles. The lowest BCUT2D eigenvalue weighted by Crippen LogP contribution is -2.26. The first-order valence-electron chi connectivity index (χ1n) is 5.83. The zero-order chi connectivity index (χ0) is 14.8. The first-order valence-corrected chi connectivity index (χ1v) is 8.50. The van der Waals surface area contributed by atoms with Gasteiger partial charge in [-0.15, -0.1) is 11.8 Å². The van der Waals surface area contributed by atoms with Crippen molar-refractivity contribution in [2.24, 2.45) is 0 Å². The fourth-order valence-electron chi connectivity index (χ4n) is 1.70. The molecule has 0 atom stereocenters. The number of rotatable bonds is 4. The van der Waals surface area contributed by atoms with Gasteiger partial charge in [-0.3, -0.25) is 4.31 Å². The Hall–Kier alpha value is -1.53. The summed E-state index contributed by atoms with van der Waals surface area (Å²) in [5.74, 6) is -0.399. The second kappa shape index (κ2) is 5.85. The predicted octanol–water partition coefficient (Wildman–Crippen LogP) is 3.37. The molecule has 2 aromatic rings. The molecule has 3 nitrogen and oxygen atoms in total. The van der Waals surface area contributed by atoms with Crippen LogP contribution in [0.3, 0.4) is 0 Å². The second-order valence-corrected chi connectivity index (χ2v) is 6.97. The molecule has 0 spiro atoms. The minimum Gasteiger partial charge on any atom is -0.269 e. The number of halogens is 1. The quantitative estimate of drug-likeness (QED) is 0.812. The van der Waals surface area contributed by atoms with Crippen molar-refractivity contribution < 1.29 is 12.8 Å². The molecule has 20 heavy (non-hydrogen) atoms. The van der Waals surface area contributed by atoms with E-state index in [0.29, 0.717) is 5.69 Å². The summed E-state index contributed by atoms with van der Waals surface area (Å²) in [5, 5.41) is 0. The number of thioether (sulfide) groups is 1. The Bertz CT molecular complexity index is 682. The van der Waals surface area contributed by atoms with Crippen molar-refractivity contribution in [1.29, 1.82) is 0 Å². The lowest BCUT2D eigenvalue weighted by Gasteiger charge is -2.19. The molecule has 0 heterocycles. The molecule has 2 aromatic carbocycles. The number of sulfonamides is 1. The molecule has 0 amide bonds. The highest BCUT2D eigenvalue weighted by molar-refractivity contribution is 7.98. The van der Waals surface area contributed by atoms with Crippen molar-refractivity contribution in [3.8, 4) is 0 Å². The van der Waals surface area contributed by atoms with Crippen LogP contribution in [-0.2, 0) is 10.0 Å². The third kappa shape index (κ3) is 2.96. The van der Waals surface area contributed by atoms with Gasteiger partial charge in [0.2, 0.25) is 0 Å². The monoisotopic (exact) mass is 311 g/mol. The van der Waals surface area contributed by atoms with E-state index in [1.54, 1.807) is 36.0 Å². The standard InChI is InChI=1S/C14H14FNO2S2/c1-16(12-5-3-11(15)4-6-12)20(17,18)14-9-7-13(19-2)8-10-14/h3-10H,1-2H3. The Labute approximate surface area is 122 Å². The Balaban J connectivity index is 2.35. The molecular weight excluding hydrogens is 297 g/mol. The summed E-state index contributed by atoms with van der Waals surface area (Å²) in [6, 6.07) is 12.0. The molecule has 0 N–H and O–H groups in total. The van der Waals surface area contributed by atoms with Crippen molar-refractivity contribution in [1.82, 2.24) is 0 Å².